The van der Waals surface area contributed by atoms with Gasteiger partial charge in [-0.2, -0.15) is 0 Å². The van der Waals surface area contributed by atoms with Crippen molar-refractivity contribution in [3.63, 3.8) is 0 Å². The van der Waals surface area contributed by atoms with Crippen LogP contribution in [0.4, 0.5) is 0 Å². The molecule has 1 saturated carbocycles. The number of benzene rings is 1. The van der Waals surface area contributed by atoms with Gasteiger partial charge in [0.05, 0.1) is 24.4 Å². The van der Waals surface area contributed by atoms with Gasteiger partial charge in [0.15, 0.2) is 0 Å². The number of hydrogen-bond donors (Lipinski definition) is 4. The largest absolute Gasteiger partial charge is 0.456 e. The number of methoxy groups -OCH3 is 3. The highest BCUT2D eigenvalue weighted by Gasteiger charge is 2.57. The van der Waals surface area contributed by atoms with Gasteiger partial charge in [0.2, 0.25) is 5.79 Å². The molecule has 360 valence electrons. The highest BCUT2D eigenvalue weighted by Crippen LogP contribution is 2.44. The number of carbonyl (C=O) groups excluding carboxylic acids is 4. The smallest absolute Gasteiger partial charge is 0.329 e. The molecule has 1 aliphatic carbocycles. The molecule has 3 fully saturated rings. The number of hydrogen-bond acceptors (Lipinski definition) is 12. The number of allylic oxidation sites excluding steroid dienone is 3. The van der Waals surface area contributed by atoms with Crippen molar-refractivity contribution in [1.82, 2.24) is 9.88 Å². The standard InChI is InChI=1S/C51H74N2O12/c1-10-35-22-29(2)21-30(3)23-42(61-7)46-43(62-8)25-32(5)51(60,65-46)47(56)48(57)53-20-12-11-13-39(53)49(58)64-45(33(6)40(54)28-41(35)55)31(4)24-34-16-18-50(59,44(26-34)63-9)37-14-15-38-36(27-37)17-19-52-38/h14-15,17,19,22,24,27,30,32-35,39-40,42-46,52,54,59-60H,10-13,16,18,20-21,23,25-26,28H2,1-9H3/b29-22+,31-24?. The Balaban J connectivity index is 1.34. The van der Waals surface area contributed by atoms with E-state index in [4.69, 9.17) is 23.7 Å². The lowest BCUT2D eigenvalue weighted by Gasteiger charge is -2.47. The number of piperidine rings is 1. The molecule has 1 amide bonds. The first-order valence-corrected chi connectivity index (χ1v) is 23.8. The van der Waals surface area contributed by atoms with E-state index in [1.54, 1.807) is 21.0 Å². The summed E-state index contributed by atoms with van der Waals surface area (Å²) in [7, 11) is 4.65. The van der Waals surface area contributed by atoms with Crippen molar-refractivity contribution in [1.29, 1.82) is 0 Å². The number of aliphatic hydroxyl groups is 3. The normalized spacial score (nSPS) is 38.7. The molecule has 4 aliphatic rings. The van der Waals surface area contributed by atoms with Crippen molar-refractivity contribution < 1.29 is 58.2 Å². The van der Waals surface area contributed by atoms with E-state index in [0.29, 0.717) is 56.9 Å². The number of Topliss-reactive ketones (excluding diaryl/α,β-unsaturated/α-hetero) is 2. The second kappa shape index (κ2) is 21.5. The second-order valence-electron chi connectivity index (χ2n) is 19.7. The van der Waals surface area contributed by atoms with E-state index in [2.05, 4.69) is 11.9 Å². The monoisotopic (exact) mass is 907 g/mol. The van der Waals surface area contributed by atoms with Crippen LogP contribution in [0.25, 0.3) is 10.9 Å². The highest BCUT2D eigenvalue weighted by molar-refractivity contribution is 6.39. The van der Waals surface area contributed by atoms with E-state index < -0.39 is 89.5 Å². The third kappa shape index (κ3) is 10.8. The van der Waals surface area contributed by atoms with Crippen LogP contribution in [-0.4, -0.2) is 125 Å². The van der Waals surface area contributed by atoms with Crippen molar-refractivity contribution in [2.45, 2.75) is 166 Å². The maximum atomic E-state index is 14.5. The zero-order valence-corrected chi connectivity index (χ0v) is 39.9. The van der Waals surface area contributed by atoms with Gasteiger partial charge in [-0.05, 0) is 125 Å². The Morgan fingerprint density at radius 1 is 0.954 bits per heavy atom. The van der Waals surface area contributed by atoms with Crippen molar-refractivity contribution >= 4 is 34.3 Å². The Hall–Kier alpha value is -3.76. The molecule has 6 rings (SSSR count). The van der Waals surface area contributed by atoms with Crippen LogP contribution >= 0.6 is 0 Å². The van der Waals surface area contributed by atoms with Gasteiger partial charge in [-0.15, -0.1) is 0 Å². The maximum absolute atomic E-state index is 14.5. The first-order chi connectivity index (χ1) is 30.9. The van der Waals surface area contributed by atoms with E-state index in [9.17, 15) is 34.5 Å². The van der Waals surface area contributed by atoms with Gasteiger partial charge in [0.1, 0.15) is 29.6 Å². The predicted molar refractivity (Wildman–Crippen MR) is 244 cm³/mol. The molecule has 14 atom stereocenters. The summed E-state index contributed by atoms with van der Waals surface area (Å²) in [5.41, 5.74) is 2.12. The van der Waals surface area contributed by atoms with Gasteiger partial charge in [0.25, 0.3) is 11.7 Å². The molecule has 2 aromatic rings. The molecule has 3 aliphatic heterocycles. The summed E-state index contributed by atoms with van der Waals surface area (Å²) in [5, 5.41) is 37.1. The Kier molecular flexibility index (Phi) is 16.7. The summed E-state index contributed by atoms with van der Waals surface area (Å²) < 4.78 is 30.4. The number of aliphatic hydroxyl groups excluding tert-OH is 1. The molecule has 2 saturated heterocycles. The quantitative estimate of drug-likeness (QED) is 0.134. The molecular weight excluding hydrogens is 833 g/mol. The molecule has 14 nitrogen and oxygen atoms in total. The zero-order valence-electron chi connectivity index (χ0n) is 39.9. The number of rotatable bonds is 7. The number of aromatic amines is 1. The Morgan fingerprint density at radius 2 is 1.68 bits per heavy atom. The van der Waals surface area contributed by atoms with Crippen LogP contribution in [0, 0.1) is 29.6 Å². The minimum atomic E-state index is -2.52. The predicted octanol–water partition coefficient (Wildman–Crippen LogP) is 6.48. The summed E-state index contributed by atoms with van der Waals surface area (Å²) in [6.07, 6.45) is 5.40. The molecule has 1 aromatic heterocycles. The first kappa shape index (κ1) is 50.6. The van der Waals surface area contributed by atoms with Gasteiger partial charge in [0, 0.05) is 63.8 Å². The Bertz CT molecular complexity index is 2060. The summed E-state index contributed by atoms with van der Waals surface area (Å²) in [4.78, 5) is 61.7. The lowest BCUT2D eigenvalue weighted by molar-refractivity contribution is -0.302. The van der Waals surface area contributed by atoms with Gasteiger partial charge in [-0.1, -0.05) is 51.5 Å². The number of ether oxygens (including phenoxy) is 5. The summed E-state index contributed by atoms with van der Waals surface area (Å²) in [6.45, 7) is 11.3. The average Bonchev–Trinajstić information content (AvgIpc) is 3.77. The summed E-state index contributed by atoms with van der Waals surface area (Å²) in [5.74, 6) is -7.76. The fraction of sp³-hybridized carbons (Fsp3) is 0.686. The Morgan fingerprint density at radius 3 is 2.37 bits per heavy atom. The number of aromatic nitrogens is 1. The number of esters is 1. The van der Waals surface area contributed by atoms with Crippen LogP contribution in [0.1, 0.15) is 118 Å². The molecular formula is C51H74N2O12. The molecule has 65 heavy (non-hydrogen) atoms. The van der Waals surface area contributed by atoms with Crippen LogP contribution in [0.3, 0.4) is 0 Å². The number of amides is 1. The molecule has 14 unspecified atom stereocenters. The van der Waals surface area contributed by atoms with Crippen molar-refractivity contribution in [3.8, 4) is 0 Å². The molecule has 2 bridgehead atoms. The highest BCUT2D eigenvalue weighted by atomic mass is 16.7. The van der Waals surface area contributed by atoms with Crippen LogP contribution in [0.5, 0.6) is 0 Å². The topological polar surface area (TPSA) is 194 Å². The molecule has 0 spiro atoms. The molecule has 1 aromatic carbocycles. The zero-order chi connectivity index (χ0) is 47.4. The lowest BCUT2D eigenvalue weighted by Crippen LogP contribution is -2.64. The number of carbonyl (C=O) groups is 4. The fourth-order valence-electron chi connectivity index (χ4n) is 11.1. The van der Waals surface area contributed by atoms with E-state index >= 15 is 0 Å². The summed E-state index contributed by atoms with van der Waals surface area (Å²) in [6, 6.07) is 6.66. The van der Waals surface area contributed by atoms with Crippen LogP contribution in [-0.2, 0) is 48.5 Å². The first-order valence-electron chi connectivity index (χ1n) is 23.8. The van der Waals surface area contributed by atoms with E-state index in [0.717, 1.165) is 22.0 Å². The number of nitrogens with zero attached hydrogens (tertiary/aromatic N) is 1. The van der Waals surface area contributed by atoms with Gasteiger partial charge >= 0.3 is 5.97 Å². The van der Waals surface area contributed by atoms with Gasteiger partial charge in [-0.3, -0.25) is 14.4 Å². The fourth-order valence-corrected chi connectivity index (χ4v) is 11.1. The van der Waals surface area contributed by atoms with Crippen LogP contribution < -0.4 is 0 Å². The van der Waals surface area contributed by atoms with Crippen LogP contribution in [0.15, 0.2) is 53.8 Å². The molecule has 0 radical (unpaired) electrons. The number of H-pyrrole nitrogens is 1. The molecule has 4 heterocycles. The van der Waals surface area contributed by atoms with Crippen LogP contribution in [0.2, 0.25) is 0 Å². The van der Waals surface area contributed by atoms with Gasteiger partial charge < -0.3 is 48.9 Å². The number of cyclic esters (lactones) is 1. The van der Waals surface area contributed by atoms with E-state index in [1.807, 2.05) is 63.4 Å². The Labute approximate surface area is 384 Å². The minimum absolute atomic E-state index is 0.0216. The second-order valence-corrected chi connectivity index (χ2v) is 19.7. The molecule has 4 N–H and O–H groups in total. The lowest BCUT2D eigenvalue weighted by atomic mass is 9.72. The SMILES string of the molecule is CCC1/C=C(\C)CC(C)CC(OC)C2OC(O)(C(=O)C(=O)N3CCCCC3C(=O)OC(C(C)=CC3CCC(O)(c4ccc5[nH]ccc5c4)C(OC)C3)C(C)C(O)CC1=O)C(C)CC2OC. The summed E-state index contributed by atoms with van der Waals surface area (Å²) >= 11 is 0. The van der Waals surface area contributed by atoms with E-state index in [1.165, 1.54) is 19.1 Å². The van der Waals surface area contributed by atoms with Crippen molar-refractivity contribution in [2.24, 2.45) is 29.6 Å². The average molecular weight is 907 g/mol. The van der Waals surface area contributed by atoms with Crippen molar-refractivity contribution in [3.05, 3.63) is 59.3 Å². The third-order valence-corrected chi connectivity index (χ3v) is 15.1. The minimum Gasteiger partial charge on any atom is -0.456 e. The maximum Gasteiger partial charge on any atom is 0.329 e. The molecule has 14 heteroatoms. The number of fused-ring (bicyclic) bond motifs is 4. The number of nitrogens with one attached hydrogen (secondary N) is 1. The third-order valence-electron chi connectivity index (χ3n) is 15.1. The van der Waals surface area contributed by atoms with Gasteiger partial charge in [-0.25, -0.2) is 4.79 Å². The van der Waals surface area contributed by atoms with Crippen molar-refractivity contribution in [2.75, 3.05) is 27.9 Å². The number of ketones is 2. The van der Waals surface area contributed by atoms with E-state index in [-0.39, 0.29) is 43.4 Å².